The van der Waals surface area contributed by atoms with Gasteiger partial charge >= 0.3 is 6.01 Å². The van der Waals surface area contributed by atoms with Crippen LogP contribution in [0.2, 0.25) is 0 Å². The smallest absolute Gasteiger partial charge is 0.319 e. The molecule has 3 unspecified atom stereocenters. The predicted octanol–water partition coefficient (Wildman–Crippen LogP) is 4.81. The SMILES string of the molecule is C#Cc1c(F)ccc2cc(O)cc(-c3c(F)c4nc(OCC56CCCN5C[C@H](F)C6)nc(N5CC6CCC(C5)N6)c4c(=O)n3C3CC3)c12. The van der Waals surface area contributed by atoms with Crippen molar-refractivity contribution in [1.82, 2.24) is 24.8 Å². The minimum Gasteiger partial charge on any atom is -0.508 e. The molecule has 248 valence electrons. The largest absolute Gasteiger partial charge is 0.508 e. The van der Waals surface area contributed by atoms with E-state index in [1.165, 1.54) is 28.8 Å². The minimum absolute atomic E-state index is 0.0509. The topological polar surface area (TPSA) is 95.8 Å². The Labute approximate surface area is 274 Å². The lowest BCUT2D eigenvalue weighted by molar-refractivity contribution is 0.107. The van der Waals surface area contributed by atoms with Crippen molar-refractivity contribution in [2.45, 2.75) is 74.8 Å². The number of aromatic nitrogens is 3. The van der Waals surface area contributed by atoms with E-state index in [-0.39, 0.29) is 69.6 Å². The van der Waals surface area contributed by atoms with Crippen LogP contribution in [0.5, 0.6) is 11.8 Å². The molecule has 0 amide bonds. The predicted molar refractivity (Wildman–Crippen MR) is 175 cm³/mol. The summed E-state index contributed by atoms with van der Waals surface area (Å²) in [4.78, 5) is 28.2. The number of hydrogen-bond donors (Lipinski definition) is 2. The average molecular weight is 657 g/mol. The lowest BCUT2D eigenvalue weighted by Crippen LogP contribution is -2.51. The van der Waals surface area contributed by atoms with Crippen molar-refractivity contribution in [3.05, 3.63) is 51.8 Å². The number of terminal acetylenes is 1. The number of halogens is 3. The molecule has 2 bridgehead atoms. The van der Waals surface area contributed by atoms with Gasteiger partial charge in [0.2, 0.25) is 0 Å². The zero-order valence-corrected chi connectivity index (χ0v) is 26.3. The summed E-state index contributed by atoms with van der Waals surface area (Å²) in [5.74, 6) is 1.03. The highest BCUT2D eigenvalue weighted by molar-refractivity contribution is 6.03. The van der Waals surface area contributed by atoms with Crippen LogP contribution < -0.4 is 20.5 Å². The van der Waals surface area contributed by atoms with Gasteiger partial charge in [-0.1, -0.05) is 12.0 Å². The quantitative estimate of drug-likeness (QED) is 0.286. The molecule has 5 aliphatic rings. The van der Waals surface area contributed by atoms with Crippen LogP contribution in [0.4, 0.5) is 19.0 Å². The molecule has 4 aliphatic heterocycles. The fourth-order valence-electron chi connectivity index (χ4n) is 8.82. The molecule has 2 N–H and O–H groups in total. The number of fused-ring (bicyclic) bond motifs is 5. The van der Waals surface area contributed by atoms with Crippen molar-refractivity contribution in [2.75, 3.05) is 37.7 Å². The highest BCUT2D eigenvalue weighted by Gasteiger charge is 2.49. The number of anilines is 1. The standard InChI is InChI=1S/C36H35F3N6O3/c1-2-25-27(38)9-4-19-12-24(46)13-26(28(19)25)32-30(39)31-29(34(47)45(32)23-7-8-23)33(43-16-21-5-6-22(17-43)40-21)42-35(41-31)48-18-36-10-3-11-44(36)15-20(37)14-36/h1,4,9,12-13,20-23,40,46H,3,5-8,10-11,14-18H2/t20-,21?,22?,36?/m1/s1. The molecule has 6 heterocycles. The Balaban J connectivity index is 1.28. The fraction of sp³-hybridized carbons (Fsp3) is 0.472. The highest BCUT2D eigenvalue weighted by Crippen LogP contribution is 2.45. The maximum absolute atomic E-state index is 17.5. The second kappa shape index (κ2) is 10.8. The number of hydrogen-bond acceptors (Lipinski definition) is 8. The van der Waals surface area contributed by atoms with E-state index in [2.05, 4.69) is 21.1 Å². The molecule has 4 saturated heterocycles. The van der Waals surface area contributed by atoms with Crippen LogP contribution in [0, 0.1) is 24.0 Å². The molecule has 4 atom stereocenters. The number of phenolic OH excluding ortho intramolecular Hbond substituents is 1. The van der Waals surface area contributed by atoms with E-state index in [9.17, 15) is 14.3 Å². The maximum Gasteiger partial charge on any atom is 0.319 e. The number of nitrogens with one attached hydrogen (secondary N) is 1. The third kappa shape index (κ3) is 4.58. The van der Waals surface area contributed by atoms with Crippen molar-refractivity contribution in [3.63, 3.8) is 0 Å². The van der Waals surface area contributed by atoms with Gasteiger partial charge in [0.25, 0.3) is 5.56 Å². The Kier molecular flexibility index (Phi) is 6.72. The Bertz CT molecular complexity index is 2100. The van der Waals surface area contributed by atoms with Crippen LogP contribution >= 0.6 is 0 Å². The van der Waals surface area contributed by atoms with Crippen LogP contribution in [0.15, 0.2) is 29.1 Å². The summed E-state index contributed by atoms with van der Waals surface area (Å²) in [6, 6.07) is 5.43. The van der Waals surface area contributed by atoms with Gasteiger partial charge in [0.05, 0.1) is 16.8 Å². The lowest BCUT2D eigenvalue weighted by atomic mass is 9.95. The van der Waals surface area contributed by atoms with Crippen molar-refractivity contribution in [1.29, 1.82) is 0 Å². The second-order valence-electron chi connectivity index (χ2n) is 14.2. The summed E-state index contributed by atoms with van der Waals surface area (Å²) >= 11 is 0. The van der Waals surface area contributed by atoms with Crippen molar-refractivity contribution in [2.24, 2.45) is 0 Å². The zero-order chi connectivity index (χ0) is 32.9. The number of rotatable bonds is 6. The van der Waals surface area contributed by atoms with Crippen LogP contribution in [0.3, 0.4) is 0 Å². The van der Waals surface area contributed by atoms with Crippen LogP contribution in [0.25, 0.3) is 32.9 Å². The van der Waals surface area contributed by atoms with E-state index < -0.39 is 28.9 Å². The summed E-state index contributed by atoms with van der Waals surface area (Å²) in [6.07, 6.45) is 10.1. The molecule has 0 radical (unpaired) electrons. The highest BCUT2D eigenvalue weighted by atomic mass is 19.1. The fourth-order valence-corrected chi connectivity index (χ4v) is 8.82. The van der Waals surface area contributed by atoms with Crippen molar-refractivity contribution >= 4 is 27.5 Å². The van der Waals surface area contributed by atoms with E-state index in [1.807, 2.05) is 4.90 Å². The van der Waals surface area contributed by atoms with Gasteiger partial charge in [0, 0.05) is 55.1 Å². The summed E-state index contributed by atoms with van der Waals surface area (Å²) in [5.41, 5.74) is -1.29. The van der Waals surface area contributed by atoms with E-state index >= 15 is 8.78 Å². The molecule has 2 aromatic carbocycles. The molecular weight excluding hydrogens is 621 g/mol. The molecule has 1 aliphatic carbocycles. The Morgan fingerprint density at radius 1 is 1.08 bits per heavy atom. The first-order valence-electron chi connectivity index (χ1n) is 16.8. The first kappa shape index (κ1) is 29.8. The van der Waals surface area contributed by atoms with E-state index in [0.717, 1.165) is 32.2 Å². The monoisotopic (exact) mass is 656 g/mol. The number of piperazine rings is 1. The molecule has 5 fully saturated rings. The van der Waals surface area contributed by atoms with Gasteiger partial charge in [0.1, 0.15) is 41.1 Å². The number of alkyl halides is 1. The molecule has 12 heteroatoms. The third-order valence-corrected chi connectivity index (χ3v) is 11.1. The molecule has 2 aromatic heterocycles. The van der Waals surface area contributed by atoms with Gasteiger partial charge in [-0.3, -0.25) is 9.69 Å². The zero-order valence-electron chi connectivity index (χ0n) is 26.3. The van der Waals surface area contributed by atoms with Crippen LogP contribution in [-0.2, 0) is 0 Å². The molecule has 0 spiro atoms. The summed E-state index contributed by atoms with van der Waals surface area (Å²) in [6.45, 7) is 2.44. The Hall–Kier alpha value is -4.34. The third-order valence-electron chi connectivity index (χ3n) is 11.1. The molecule has 1 saturated carbocycles. The second-order valence-corrected chi connectivity index (χ2v) is 14.2. The number of pyridine rings is 1. The molecule has 4 aromatic rings. The van der Waals surface area contributed by atoms with E-state index in [0.29, 0.717) is 50.1 Å². The average Bonchev–Trinajstić information content (AvgIpc) is 3.65. The number of benzene rings is 2. The summed E-state index contributed by atoms with van der Waals surface area (Å²) in [5, 5.41) is 15.0. The first-order chi connectivity index (χ1) is 23.2. The summed E-state index contributed by atoms with van der Waals surface area (Å²) in [7, 11) is 0. The maximum atomic E-state index is 17.5. The van der Waals surface area contributed by atoms with Gasteiger partial charge in [0.15, 0.2) is 5.82 Å². The molecule has 9 nitrogen and oxygen atoms in total. The van der Waals surface area contributed by atoms with Gasteiger partial charge in [-0.25, -0.2) is 13.2 Å². The van der Waals surface area contributed by atoms with Gasteiger partial charge in [-0.15, -0.1) is 6.42 Å². The number of phenols is 1. The van der Waals surface area contributed by atoms with Crippen molar-refractivity contribution in [3.8, 4) is 35.4 Å². The van der Waals surface area contributed by atoms with Crippen LogP contribution in [-0.4, -0.2) is 81.1 Å². The van der Waals surface area contributed by atoms with Gasteiger partial charge < -0.3 is 24.6 Å². The lowest BCUT2D eigenvalue weighted by Gasteiger charge is -2.34. The number of aromatic hydroxyl groups is 1. The summed E-state index contributed by atoms with van der Waals surface area (Å²) < 4.78 is 54.8. The Morgan fingerprint density at radius 3 is 2.62 bits per heavy atom. The number of nitrogens with zero attached hydrogens (tertiary/aromatic N) is 5. The minimum atomic E-state index is -0.950. The molecular formula is C36H35F3N6O3. The molecule has 9 rings (SSSR count). The number of ether oxygens (including phenoxy) is 1. The Morgan fingerprint density at radius 2 is 1.88 bits per heavy atom. The normalized spacial score (nSPS) is 26.8. The van der Waals surface area contributed by atoms with Gasteiger partial charge in [-0.05, 0) is 68.7 Å². The van der Waals surface area contributed by atoms with E-state index in [1.54, 1.807) is 0 Å². The first-order valence-corrected chi connectivity index (χ1v) is 16.8. The van der Waals surface area contributed by atoms with E-state index in [4.69, 9.17) is 16.1 Å². The van der Waals surface area contributed by atoms with Gasteiger partial charge in [-0.2, -0.15) is 9.97 Å². The van der Waals surface area contributed by atoms with Crippen LogP contribution in [0.1, 0.15) is 56.6 Å². The van der Waals surface area contributed by atoms with Crippen molar-refractivity contribution < 1.29 is 23.0 Å². The molecule has 48 heavy (non-hydrogen) atoms.